The molecule has 0 aliphatic carbocycles. The molecule has 1 heterocycles. The van der Waals surface area contributed by atoms with Gasteiger partial charge in [-0.05, 0) is 67.9 Å². The number of methoxy groups -OCH3 is 1. The molecule has 1 aliphatic rings. The van der Waals surface area contributed by atoms with Crippen molar-refractivity contribution < 1.29 is 19.1 Å². The van der Waals surface area contributed by atoms with Crippen LogP contribution >= 0.6 is 0 Å². The van der Waals surface area contributed by atoms with Crippen LogP contribution in [-0.4, -0.2) is 63.5 Å². The third kappa shape index (κ3) is 5.85. The van der Waals surface area contributed by atoms with E-state index >= 15 is 0 Å². The summed E-state index contributed by atoms with van der Waals surface area (Å²) in [5.74, 6) is -1.91. The molecular formula is C24H30N4O4. The lowest BCUT2D eigenvalue weighted by Gasteiger charge is -2.28. The lowest BCUT2D eigenvalue weighted by atomic mass is 10.0. The van der Waals surface area contributed by atoms with Gasteiger partial charge in [0.05, 0.1) is 18.7 Å². The highest BCUT2D eigenvalue weighted by Gasteiger charge is 2.25. The maximum absolute atomic E-state index is 12.4. The third-order valence-corrected chi connectivity index (χ3v) is 5.60. The number of likely N-dealkylation sites (tertiary alicyclic amines) is 1. The molecule has 0 aromatic heterocycles. The van der Waals surface area contributed by atoms with Gasteiger partial charge in [0.2, 0.25) is 0 Å². The number of esters is 1. The monoisotopic (exact) mass is 438 g/mol. The van der Waals surface area contributed by atoms with Gasteiger partial charge in [0.25, 0.3) is 0 Å². The zero-order valence-corrected chi connectivity index (χ0v) is 18.8. The molecule has 1 fully saturated rings. The summed E-state index contributed by atoms with van der Waals surface area (Å²) in [6, 6.07) is 14.4. The molecule has 1 saturated heterocycles. The predicted molar refractivity (Wildman–Crippen MR) is 124 cm³/mol. The van der Waals surface area contributed by atoms with Crippen LogP contribution in [0.2, 0.25) is 0 Å². The minimum absolute atomic E-state index is 0.00445. The van der Waals surface area contributed by atoms with E-state index in [-0.39, 0.29) is 6.04 Å². The van der Waals surface area contributed by atoms with Crippen molar-refractivity contribution in [2.75, 3.05) is 51.1 Å². The van der Waals surface area contributed by atoms with Crippen LogP contribution in [0.4, 0.5) is 11.4 Å². The molecule has 3 rings (SSSR count). The largest absolute Gasteiger partial charge is 0.465 e. The van der Waals surface area contributed by atoms with Crippen LogP contribution in [0.25, 0.3) is 0 Å². The van der Waals surface area contributed by atoms with Gasteiger partial charge in [0.1, 0.15) is 0 Å². The number of rotatable bonds is 7. The summed E-state index contributed by atoms with van der Waals surface area (Å²) < 4.78 is 4.65. The molecule has 0 bridgehead atoms. The van der Waals surface area contributed by atoms with Crippen molar-refractivity contribution in [1.29, 1.82) is 0 Å². The molecule has 32 heavy (non-hydrogen) atoms. The van der Waals surface area contributed by atoms with Gasteiger partial charge in [-0.15, -0.1) is 0 Å². The lowest BCUT2D eigenvalue weighted by Crippen LogP contribution is -2.41. The van der Waals surface area contributed by atoms with Gasteiger partial charge >= 0.3 is 17.8 Å². The van der Waals surface area contributed by atoms with E-state index in [0.717, 1.165) is 37.2 Å². The summed E-state index contributed by atoms with van der Waals surface area (Å²) in [6.45, 7) is 2.28. The highest BCUT2D eigenvalue weighted by Crippen LogP contribution is 2.26. The van der Waals surface area contributed by atoms with Gasteiger partial charge in [-0.1, -0.05) is 12.1 Å². The molecule has 170 valence electrons. The molecule has 2 aromatic rings. The maximum atomic E-state index is 12.4. The fraction of sp³-hybridized carbons (Fsp3) is 0.375. The van der Waals surface area contributed by atoms with Crippen molar-refractivity contribution in [3.05, 3.63) is 59.7 Å². The number of carbonyl (C=O) groups excluding carboxylic acids is 3. The number of amides is 2. The van der Waals surface area contributed by atoms with Gasteiger partial charge in [0, 0.05) is 32.0 Å². The van der Waals surface area contributed by atoms with E-state index < -0.39 is 17.8 Å². The van der Waals surface area contributed by atoms with Crippen molar-refractivity contribution in [2.45, 2.75) is 18.9 Å². The van der Waals surface area contributed by atoms with Crippen LogP contribution in [0.3, 0.4) is 0 Å². The van der Waals surface area contributed by atoms with E-state index in [1.807, 2.05) is 19.0 Å². The maximum Gasteiger partial charge on any atom is 0.337 e. The van der Waals surface area contributed by atoms with Crippen molar-refractivity contribution in [1.82, 2.24) is 10.2 Å². The Bertz CT molecular complexity index is 935. The number of nitrogens with zero attached hydrogens (tertiary/aromatic N) is 2. The Morgan fingerprint density at radius 3 is 2.16 bits per heavy atom. The molecule has 0 saturated carbocycles. The summed E-state index contributed by atoms with van der Waals surface area (Å²) in [5.41, 5.74) is 3.00. The standard InChI is InChI=1S/C24H30N4O4/c1-27(2)20-12-8-17(9-13-20)21(28-14-4-5-15-28)16-25-22(29)23(30)26-19-10-6-18(7-11-19)24(31)32-3/h6-13,21H,4-5,14-16H2,1-3H3,(H,25,29)(H,26,30)/t21-/m1/s1. The predicted octanol–water partition coefficient (Wildman–Crippen LogP) is 2.43. The van der Waals surface area contributed by atoms with Gasteiger partial charge < -0.3 is 20.3 Å². The highest BCUT2D eigenvalue weighted by atomic mass is 16.5. The Hall–Kier alpha value is -3.39. The Balaban J connectivity index is 1.61. The van der Waals surface area contributed by atoms with Crippen molar-refractivity contribution in [2.24, 2.45) is 0 Å². The Labute approximate surface area is 188 Å². The van der Waals surface area contributed by atoms with E-state index in [4.69, 9.17) is 0 Å². The van der Waals surface area contributed by atoms with Crippen LogP contribution in [0.5, 0.6) is 0 Å². The highest BCUT2D eigenvalue weighted by molar-refractivity contribution is 6.39. The summed E-state index contributed by atoms with van der Waals surface area (Å²) in [7, 11) is 5.29. The van der Waals surface area contributed by atoms with E-state index in [0.29, 0.717) is 17.8 Å². The first kappa shape index (κ1) is 23.3. The average molecular weight is 439 g/mol. The third-order valence-electron chi connectivity index (χ3n) is 5.60. The topological polar surface area (TPSA) is 91.0 Å². The van der Waals surface area contributed by atoms with Gasteiger partial charge in [-0.2, -0.15) is 0 Å². The molecular weight excluding hydrogens is 408 g/mol. The second kappa shape index (κ2) is 10.8. The van der Waals surface area contributed by atoms with E-state index in [9.17, 15) is 14.4 Å². The van der Waals surface area contributed by atoms with Crippen molar-refractivity contribution in [3.63, 3.8) is 0 Å². The van der Waals surface area contributed by atoms with Gasteiger partial charge in [-0.3, -0.25) is 14.5 Å². The number of hydrogen-bond acceptors (Lipinski definition) is 6. The van der Waals surface area contributed by atoms with Gasteiger partial charge in [0.15, 0.2) is 0 Å². The van der Waals surface area contributed by atoms with Crippen LogP contribution in [0.1, 0.15) is 34.8 Å². The zero-order valence-electron chi connectivity index (χ0n) is 18.8. The number of anilines is 2. The zero-order chi connectivity index (χ0) is 23.1. The number of nitrogens with one attached hydrogen (secondary N) is 2. The van der Waals surface area contributed by atoms with Gasteiger partial charge in [-0.25, -0.2) is 4.79 Å². The fourth-order valence-corrected chi connectivity index (χ4v) is 3.77. The first-order valence-corrected chi connectivity index (χ1v) is 10.7. The summed E-state index contributed by atoms with van der Waals surface area (Å²) in [6.07, 6.45) is 2.25. The summed E-state index contributed by atoms with van der Waals surface area (Å²) in [4.78, 5) is 40.7. The van der Waals surface area contributed by atoms with Crippen LogP contribution in [-0.2, 0) is 14.3 Å². The molecule has 0 spiro atoms. The minimum Gasteiger partial charge on any atom is -0.465 e. The van der Waals surface area contributed by atoms with E-state index in [1.54, 1.807) is 12.1 Å². The molecule has 2 aromatic carbocycles. The first-order valence-electron chi connectivity index (χ1n) is 10.7. The van der Waals surface area contributed by atoms with Crippen LogP contribution < -0.4 is 15.5 Å². The molecule has 1 aliphatic heterocycles. The summed E-state index contributed by atoms with van der Waals surface area (Å²) in [5, 5.41) is 5.33. The Kier molecular flexibility index (Phi) is 7.83. The smallest absolute Gasteiger partial charge is 0.337 e. The molecule has 2 N–H and O–H groups in total. The SMILES string of the molecule is COC(=O)c1ccc(NC(=O)C(=O)NC[C@H](c2ccc(N(C)C)cc2)N2CCCC2)cc1. The molecule has 1 atom stereocenters. The Morgan fingerprint density at radius 2 is 1.59 bits per heavy atom. The second-order valence-corrected chi connectivity index (χ2v) is 7.98. The van der Waals surface area contributed by atoms with E-state index in [2.05, 4.69) is 44.5 Å². The number of carbonyl (C=O) groups is 3. The molecule has 8 nitrogen and oxygen atoms in total. The lowest BCUT2D eigenvalue weighted by molar-refractivity contribution is -0.136. The number of ether oxygens (including phenoxy) is 1. The minimum atomic E-state index is -0.751. The first-order chi connectivity index (χ1) is 15.4. The quantitative estimate of drug-likeness (QED) is 0.510. The molecule has 0 radical (unpaired) electrons. The Morgan fingerprint density at radius 1 is 0.969 bits per heavy atom. The van der Waals surface area contributed by atoms with E-state index in [1.165, 1.54) is 19.2 Å². The molecule has 0 unspecified atom stereocenters. The number of hydrogen-bond donors (Lipinski definition) is 2. The summed E-state index contributed by atoms with van der Waals surface area (Å²) >= 11 is 0. The second-order valence-electron chi connectivity index (χ2n) is 7.98. The van der Waals surface area contributed by atoms with Crippen LogP contribution in [0.15, 0.2) is 48.5 Å². The normalized spacial score (nSPS) is 14.5. The molecule has 8 heteroatoms. The molecule has 2 amide bonds. The fourth-order valence-electron chi connectivity index (χ4n) is 3.77. The van der Waals surface area contributed by atoms with Crippen LogP contribution in [0, 0.1) is 0 Å². The average Bonchev–Trinajstić information content (AvgIpc) is 3.34. The number of benzene rings is 2. The van der Waals surface area contributed by atoms with Crippen molar-refractivity contribution >= 4 is 29.2 Å². The van der Waals surface area contributed by atoms with Crippen molar-refractivity contribution in [3.8, 4) is 0 Å².